The van der Waals surface area contributed by atoms with Gasteiger partial charge in [0, 0.05) is 0 Å². The van der Waals surface area contributed by atoms with Crippen LogP contribution in [0.15, 0.2) is 12.4 Å². The zero-order chi connectivity index (χ0) is 11.7. The fourth-order valence-electron chi connectivity index (χ4n) is 0.923. The van der Waals surface area contributed by atoms with Crippen molar-refractivity contribution >= 4 is 24.9 Å². The van der Waals surface area contributed by atoms with Gasteiger partial charge in [-0.1, -0.05) is 0 Å². The van der Waals surface area contributed by atoms with Gasteiger partial charge >= 0.3 is 96.5 Å². The molecule has 0 aliphatic heterocycles. The van der Waals surface area contributed by atoms with Crippen LogP contribution in [0.5, 0.6) is 0 Å². The van der Waals surface area contributed by atoms with E-state index in [1.165, 1.54) is 6.20 Å². The van der Waals surface area contributed by atoms with Crippen molar-refractivity contribution in [2.24, 2.45) is 0 Å². The Balaban J connectivity index is 2.82. The molecule has 1 heterocycles. The molecule has 15 heavy (non-hydrogen) atoms. The van der Waals surface area contributed by atoms with Crippen molar-refractivity contribution in [3.8, 4) is 0 Å². The Hall–Kier alpha value is -0.331. The summed E-state index contributed by atoms with van der Waals surface area (Å²) in [6, 6.07) is 0. The normalized spacial score (nSPS) is 12.9. The van der Waals surface area contributed by atoms with Gasteiger partial charge in [0.15, 0.2) is 0 Å². The van der Waals surface area contributed by atoms with Gasteiger partial charge in [-0.15, -0.1) is 0 Å². The summed E-state index contributed by atoms with van der Waals surface area (Å²) in [4.78, 5) is 7.21. The summed E-state index contributed by atoms with van der Waals surface area (Å²) >= 11 is -0.961. The first-order chi connectivity index (χ1) is 6.68. The molecule has 0 N–H and O–H groups in total. The van der Waals surface area contributed by atoms with E-state index in [0.717, 1.165) is 9.91 Å². The molecule has 0 aliphatic carbocycles. The number of rotatable bonds is 1. The van der Waals surface area contributed by atoms with Gasteiger partial charge in [0.05, 0.1) is 0 Å². The maximum absolute atomic E-state index is 12.2. The second kappa shape index (κ2) is 4.27. The number of alkyl halides is 3. The van der Waals surface area contributed by atoms with Gasteiger partial charge in [0.25, 0.3) is 0 Å². The third-order valence-electron chi connectivity index (χ3n) is 1.45. The molecule has 2 nitrogen and oxygen atoms in total. The fraction of sp³-hybridized carbons (Fsp3) is 0.556. The van der Waals surface area contributed by atoms with Gasteiger partial charge in [-0.2, -0.15) is 0 Å². The van der Waals surface area contributed by atoms with Crippen LogP contribution in [0.25, 0.3) is 0 Å². The average Bonchev–Trinajstić information content (AvgIpc) is 2.00. The minimum absolute atomic E-state index is 0.164. The number of halogens is 3. The Kier molecular flexibility index (Phi) is 3.63. The van der Waals surface area contributed by atoms with Crippen molar-refractivity contribution in [1.29, 1.82) is 0 Å². The van der Waals surface area contributed by atoms with E-state index >= 15 is 0 Å². The third-order valence-corrected chi connectivity index (χ3v) is 5.05. The van der Waals surface area contributed by atoms with Crippen molar-refractivity contribution < 1.29 is 13.2 Å². The summed E-state index contributed by atoms with van der Waals surface area (Å²) in [7, 11) is 0. The SMILES string of the molecule is C[C](C)(C)[Sn][c]1cnc(C(F)(F)F)cn1. The molecular formula is C9H11F3N2Sn. The van der Waals surface area contributed by atoms with Crippen LogP contribution < -0.4 is 3.71 Å². The van der Waals surface area contributed by atoms with Crippen molar-refractivity contribution in [2.75, 3.05) is 0 Å². The van der Waals surface area contributed by atoms with Crippen molar-refractivity contribution in [1.82, 2.24) is 9.97 Å². The summed E-state index contributed by atoms with van der Waals surface area (Å²) in [6.45, 7) is 6.20. The van der Waals surface area contributed by atoms with Crippen LogP contribution in [0.4, 0.5) is 13.2 Å². The zero-order valence-electron chi connectivity index (χ0n) is 8.68. The van der Waals surface area contributed by atoms with Crippen LogP contribution in [0, 0.1) is 0 Å². The Bertz CT molecular complexity index is 327. The minimum atomic E-state index is -4.39. The van der Waals surface area contributed by atoms with Crippen molar-refractivity contribution in [3.63, 3.8) is 0 Å². The number of hydrogen-bond donors (Lipinski definition) is 0. The van der Waals surface area contributed by atoms with Crippen LogP contribution in [0.1, 0.15) is 26.5 Å². The quantitative estimate of drug-likeness (QED) is 0.740. The Morgan fingerprint density at radius 1 is 1.07 bits per heavy atom. The van der Waals surface area contributed by atoms with Crippen molar-refractivity contribution in [2.45, 2.75) is 30.4 Å². The van der Waals surface area contributed by atoms with Crippen molar-refractivity contribution in [3.05, 3.63) is 18.1 Å². The van der Waals surface area contributed by atoms with E-state index in [0.29, 0.717) is 0 Å². The topological polar surface area (TPSA) is 25.8 Å². The van der Waals surface area contributed by atoms with Gasteiger partial charge in [0.1, 0.15) is 0 Å². The molecule has 0 aliphatic rings. The predicted octanol–water partition coefficient (Wildman–Crippen LogP) is 2.04. The van der Waals surface area contributed by atoms with Crippen LogP contribution in [0.2, 0.25) is 3.43 Å². The van der Waals surface area contributed by atoms with E-state index in [-0.39, 0.29) is 3.43 Å². The molecule has 0 spiro atoms. The molecule has 6 heteroatoms. The van der Waals surface area contributed by atoms with Crippen LogP contribution in [-0.2, 0) is 6.18 Å². The summed E-state index contributed by atoms with van der Waals surface area (Å²) in [5, 5.41) is 0. The standard InChI is InChI=1S/C5H2F3N2.C4H9.Sn/c6-5(7,8)4-3-9-1-2-10-4;1-4(2)3;/h2-3H;1-3H3;. The molecular weight excluding hydrogens is 312 g/mol. The molecule has 0 saturated heterocycles. The van der Waals surface area contributed by atoms with E-state index < -0.39 is 33.0 Å². The van der Waals surface area contributed by atoms with Crippen LogP contribution in [-0.4, -0.2) is 31.1 Å². The molecule has 82 valence electrons. The van der Waals surface area contributed by atoms with Gasteiger partial charge in [-0.25, -0.2) is 0 Å². The first-order valence-corrected chi connectivity index (χ1v) is 7.21. The number of hydrogen-bond acceptors (Lipinski definition) is 2. The Labute approximate surface area is 96.5 Å². The van der Waals surface area contributed by atoms with Crippen LogP contribution >= 0.6 is 0 Å². The summed E-state index contributed by atoms with van der Waals surface area (Å²) in [5.74, 6) is 0. The zero-order valence-corrected chi connectivity index (χ0v) is 11.5. The Morgan fingerprint density at radius 2 is 1.67 bits per heavy atom. The molecule has 0 fully saturated rings. The number of nitrogens with zero attached hydrogens (tertiary/aromatic N) is 2. The summed E-state index contributed by atoms with van der Waals surface area (Å²) < 4.78 is 37.4. The van der Waals surface area contributed by atoms with E-state index in [9.17, 15) is 13.2 Å². The molecule has 1 rings (SSSR count). The van der Waals surface area contributed by atoms with Gasteiger partial charge in [0.2, 0.25) is 0 Å². The van der Waals surface area contributed by atoms with Crippen LogP contribution in [0.3, 0.4) is 0 Å². The van der Waals surface area contributed by atoms with E-state index in [1.54, 1.807) is 0 Å². The Morgan fingerprint density at radius 3 is 2.00 bits per heavy atom. The predicted molar refractivity (Wildman–Crippen MR) is 52.1 cm³/mol. The van der Waals surface area contributed by atoms with Gasteiger partial charge < -0.3 is 0 Å². The molecule has 0 atom stereocenters. The molecule has 0 unspecified atom stereocenters. The summed E-state index contributed by atoms with van der Waals surface area (Å²) in [5.41, 5.74) is -0.917. The molecule has 0 aromatic carbocycles. The third kappa shape index (κ3) is 4.36. The molecule has 0 bridgehead atoms. The molecule has 0 amide bonds. The van der Waals surface area contributed by atoms with E-state index in [4.69, 9.17) is 0 Å². The van der Waals surface area contributed by atoms with Gasteiger partial charge in [-0.05, 0) is 0 Å². The second-order valence-electron chi connectivity index (χ2n) is 4.16. The number of aromatic nitrogens is 2. The van der Waals surface area contributed by atoms with E-state index in [1.807, 2.05) is 0 Å². The monoisotopic (exact) mass is 324 g/mol. The average molecular weight is 323 g/mol. The fourth-order valence-corrected chi connectivity index (χ4v) is 3.85. The molecule has 2 radical (unpaired) electrons. The first-order valence-electron chi connectivity index (χ1n) is 4.36. The second-order valence-corrected chi connectivity index (χ2v) is 10.6. The molecule has 0 saturated carbocycles. The van der Waals surface area contributed by atoms with Gasteiger partial charge in [-0.3, -0.25) is 0 Å². The molecule has 1 aromatic heterocycles. The molecule has 1 aromatic rings. The maximum atomic E-state index is 12.2. The van der Waals surface area contributed by atoms with E-state index in [2.05, 4.69) is 30.7 Å². The summed E-state index contributed by atoms with van der Waals surface area (Å²) in [6.07, 6.45) is -2.31. The first kappa shape index (κ1) is 12.7.